The van der Waals surface area contributed by atoms with Gasteiger partial charge in [-0.2, -0.15) is 4.98 Å². The Bertz CT molecular complexity index is 898. The van der Waals surface area contributed by atoms with Gasteiger partial charge in [-0.25, -0.2) is 4.98 Å². The fourth-order valence-corrected chi connectivity index (χ4v) is 2.75. The van der Waals surface area contributed by atoms with Crippen LogP contribution in [0.3, 0.4) is 0 Å². The number of hydrogen-bond donors (Lipinski definition) is 0. The van der Waals surface area contributed by atoms with Gasteiger partial charge in [-0.3, -0.25) is 4.79 Å². The molecule has 0 N–H and O–H groups in total. The average Bonchev–Trinajstić information content (AvgIpc) is 2.56. The van der Waals surface area contributed by atoms with Gasteiger partial charge in [0.15, 0.2) is 0 Å². The molecule has 2 aromatic heterocycles. The number of hydrogen-bond acceptors (Lipinski definition) is 5. The van der Waals surface area contributed by atoms with Gasteiger partial charge in [0.2, 0.25) is 11.8 Å². The summed E-state index contributed by atoms with van der Waals surface area (Å²) in [5, 5.41) is 1.65. The monoisotopic (exact) mass is 342 g/mol. The van der Waals surface area contributed by atoms with Crippen LogP contribution in [-0.2, 0) is 4.79 Å². The van der Waals surface area contributed by atoms with Crippen molar-refractivity contribution in [1.82, 2.24) is 9.97 Å². The molecule has 0 unspecified atom stereocenters. The summed E-state index contributed by atoms with van der Waals surface area (Å²) in [6.07, 6.45) is 1.59. The fourth-order valence-electron chi connectivity index (χ4n) is 2.50. The zero-order chi connectivity index (χ0) is 17.1. The quantitative estimate of drug-likeness (QED) is 0.523. The molecule has 0 amide bonds. The number of ether oxygens (including phenoxy) is 2. The molecule has 0 atom stereocenters. The van der Waals surface area contributed by atoms with Crippen LogP contribution in [0.25, 0.3) is 21.9 Å². The molecule has 6 heteroatoms. The molecule has 122 valence electrons. The van der Waals surface area contributed by atoms with E-state index >= 15 is 0 Å². The zero-order valence-electron chi connectivity index (χ0n) is 13.2. The number of esters is 1. The van der Waals surface area contributed by atoms with Crippen molar-refractivity contribution in [1.29, 1.82) is 0 Å². The van der Waals surface area contributed by atoms with Gasteiger partial charge in [0.1, 0.15) is 5.15 Å². The van der Waals surface area contributed by atoms with Crippen molar-refractivity contribution in [3.05, 3.63) is 47.7 Å². The van der Waals surface area contributed by atoms with Crippen LogP contribution < -0.4 is 9.47 Å². The van der Waals surface area contributed by atoms with Crippen molar-refractivity contribution in [3.63, 3.8) is 0 Å². The van der Waals surface area contributed by atoms with Crippen LogP contribution in [0.5, 0.6) is 11.8 Å². The van der Waals surface area contributed by atoms with Crippen LogP contribution in [0.2, 0.25) is 5.15 Å². The van der Waals surface area contributed by atoms with Crippen molar-refractivity contribution in [2.45, 2.75) is 13.8 Å². The third kappa shape index (κ3) is 3.03. The van der Waals surface area contributed by atoms with E-state index in [1.807, 2.05) is 37.3 Å². The van der Waals surface area contributed by atoms with Gasteiger partial charge in [0.25, 0.3) is 0 Å². The second-order valence-electron chi connectivity index (χ2n) is 5.01. The smallest absolute Gasteiger partial charge is 0.309 e. The number of carbonyl (C=O) groups is 1. The lowest BCUT2D eigenvalue weighted by Gasteiger charge is -2.15. The first kappa shape index (κ1) is 16.2. The van der Waals surface area contributed by atoms with Crippen molar-refractivity contribution < 1.29 is 14.3 Å². The molecule has 2 heterocycles. The maximum Gasteiger partial charge on any atom is 0.309 e. The van der Waals surface area contributed by atoms with E-state index in [1.165, 1.54) is 6.92 Å². The van der Waals surface area contributed by atoms with Crippen molar-refractivity contribution in [2.75, 3.05) is 6.61 Å². The zero-order valence-corrected chi connectivity index (χ0v) is 14.0. The second-order valence-corrected chi connectivity index (χ2v) is 5.37. The molecule has 5 nitrogen and oxygen atoms in total. The molecule has 1 aromatic carbocycles. The maximum atomic E-state index is 11.5. The summed E-state index contributed by atoms with van der Waals surface area (Å²) < 4.78 is 10.9. The van der Waals surface area contributed by atoms with Gasteiger partial charge in [0, 0.05) is 23.9 Å². The predicted molar refractivity (Wildman–Crippen MR) is 92.5 cm³/mol. The number of nitrogens with zero attached hydrogens (tertiary/aromatic N) is 2. The summed E-state index contributed by atoms with van der Waals surface area (Å²) >= 11 is 6.36. The Kier molecular flexibility index (Phi) is 4.62. The summed E-state index contributed by atoms with van der Waals surface area (Å²) in [4.78, 5) is 20.1. The number of rotatable bonds is 4. The second kappa shape index (κ2) is 6.84. The van der Waals surface area contributed by atoms with Gasteiger partial charge in [-0.15, -0.1) is 0 Å². The SMILES string of the molecule is CCOc1nc(OC(C)=O)c(-c2ccccc2)c2c(Cl)nccc12. The minimum Gasteiger partial charge on any atom is -0.477 e. The summed E-state index contributed by atoms with van der Waals surface area (Å²) in [5.41, 5.74) is 1.44. The molecule has 0 aliphatic heterocycles. The molecule has 0 bridgehead atoms. The van der Waals surface area contributed by atoms with Crippen molar-refractivity contribution >= 4 is 28.3 Å². The Morgan fingerprint density at radius 2 is 1.92 bits per heavy atom. The van der Waals surface area contributed by atoms with E-state index in [0.717, 1.165) is 5.56 Å². The third-order valence-corrected chi connectivity index (χ3v) is 3.67. The number of benzene rings is 1. The lowest BCUT2D eigenvalue weighted by molar-refractivity contribution is -0.132. The average molecular weight is 343 g/mol. The van der Waals surface area contributed by atoms with Crippen LogP contribution in [0.4, 0.5) is 0 Å². The van der Waals surface area contributed by atoms with Crippen molar-refractivity contribution in [3.8, 4) is 22.9 Å². The molecule has 0 spiro atoms. The molecule has 0 aliphatic rings. The van der Waals surface area contributed by atoms with E-state index in [0.29, 0.717) is 34.0 Å². The largest absolute Gasteiger partial charge is 0.477 e. The van der Waals surface area contributed by atoms with Crippen LogP contribution in [-0.4, -0.2) is 22.5 Å². The number of fused-ring (bicyclic) bond motifs is 1. The first-order chi connectivity index (χ1) is 11.6. The number of carbonyl (C=O) groups excluding carboxylic acids is 1. The van der Waals surface area contributed by atoms with Gasteiger partial charge in [-0.05, 0) is 18.6 Å². The van der Waals surface area contributed by atoms with Crippen LogP contribution in [0.1, 0.15) is 13.8 Å². The normalized spacial score (nSPS) is 10.6. The first-order valence-corrected chi connectivity index (χ1v) is 7.84. The van der Waals surface area contributed by atoms with E-state index in [1.54, 1.807) is 12.3 Å². The van der Waals surface area contributed by atoms with E-state index in [9.17, 15) is 4.79 Å². The highest BCUT2D eigenvalue weighted by Gasteiger charge is 2.21. The Balaban J connectivity index is 2.41. The van der Waals surface area contributed by atoms with Gasteiger partial charge < -0.3 is 9.47 Å². The fraction of sp³-hybridized carbons (Fsp3) is 0.167. The lowest BCUT2D eigenvalue weighted by atomic mass is 10.0. The molecule has 0 saturated carbocycles. The molecule has 0 saturated heterocycles. The molecule has 0 aliphatic carbocycles. The number of pyridine rings is 2. The molecule has 0 fully saturated rings. The summed E-state index contributed by atoms with van der Waals surface area (Å²) in [5.74, 6) is 0.0359. The minimum absolute atomic E-state index is 0.152. The van der Waals surface area contributed by atoms with Crippen LogP contribution >= 0.6 is 11.6 Å². The molecule has 0 radical (unpaired) electrons. The Morgan fingerprint density at radius 1 is 1.17 bits per heavy atom. The Morgan fingerprint density at radius 3 is 2.58 bits per heavy atom. The van der Waals surface area contributed by atoms with Gasteiger partial charge >= 0.3 is 5.97 Å². The standard InChI is InChI=1S/C18H15ClN2O3/c1-3-23-17-13-9-10-20-16(19)15(13)14(12-7-5-4-6-8-12)18(21-17)24-11(2)22/h4-10H,3H2,1-2H3. The van der Waals surface area contributed by atoms with E-state index in [-0.39, 0.29) is 5.88 Å². The Hall–Kier alpha value is -2.66. The van der Waals surface area contributed by atoms with Crippen LogP contribution in [0.15, 0.2) is 42.6 Å². The van der Waals surface area contributed by atoms with E-state index in [2.05, 4.69) is 9.97 Å². The lowest BCUT2D eigenvalue weighted by Crippen LogP contribution is -2.07. The summed E-state index contributed by atoms with van der Waals surface area (Å²) in [6, 6.07) is 11.3. The number of halogens is 1. The molecule has 3 aromatic rings. The summed E-state index contributed by atoms with van der Waals surface area (Å²) in [6.45, 7) is 3.60. The van der Waals surface area contributed by atoms with E-state index < -0.39 is 5.97 Å². The third-order valence-electron chi connectivity index (χ3n) is 3.39. The topological polar surface area (TPSA) is 61.3 Å². The molecule has 24 heavy (non-hydrogen) atoms. The van der Waals surface area contributed by atoms with Crippen LogP contribution in [0, 0.1) is 0 Å². The molecule has 3 rings (SSSR count). The molecular formula is C18H15ClN2O3. The Labute approximate surface area is 144 Å². The highest BCUT2D eigenvalue weighted by Crippen LogP contribution is 2.42. The van der Waals surface area contributed by atoms with Gasteiger partial charge in [-0.1, -0.05) is 41.9 Å². The highest BCUT2D eigenvalue weighted by molar-refractivity contribution is 6.35. The maximum absolute atomic E-state index is 11.5. The van der Waals surface area contributed by atoms with Gasteiger partial charge in [0.05, 0.1) is 12.2 Å². The van der Waals surface area contributed by atoms with Crippen molar-refractivity contribution in [2.24, 2.45) is 0 Å². The molecular weight excluding hydrogens is 328 g/mol. The predicted octanol–water partition coefficient (Wildman–Crippen LogP) is 4.27. The number of aromatic nitrogens is 2. The summed E-state index contributed by atoms with van der Waals surface area (Å²) in [7, 11) is 0. The highest BCUT2D eigenvalue weighted by atomic mass is 35.5. The first-order valence-electron chi connectivity index (χ1n) is 7.46. The van der Waals surface area contributed by atoms with E-state index in [4.69, 9.17) is 21.1 Å². The minimum atomic E-state index is -0.471.